The Hall–Kier alpha value is -2.24. The molecule has 0 bridgehead atoms. The van der Waals surface area contributed by atoms with Gasteiger partial charge in [0.05, 0.1) is 19.3 Å². The van der Waals surface area contributed by atoms with Gasteiger partial charge in [-0.3, -0.25) is 4.79 Å². The number of carbonyl (C=O) groups excluding carboxylic acids is 2. The Morgan fingerprint density at radius 1 is 1.29 bits per heavy atom. The van der Waals surface area contributed by atoms with E-state index >= 15 is 0 Å². The van der Waals surface area contributed by atoms with Gasteiger partial charge in [0.25, 0.3) is 0 Å². The molecule has 0 atom stereocenters. The van der Waals surface area contributed by atoms with E-state index in [-0.39, 0.29) is 12.5 Å². The average molecular weight is 291 g/mol. The van der Waals surface area contributed by atoms with Crippen LogP contribution in [0.5, 0.6) is 5.75 Å². The van der Waals surface area contributed by atoms with Gasteiger partial charge in [-0.15, -0.1) is 0 Å². The summed E-state index contributed by atoms with van der Waals surface area (Å²) in [6.45, 7) is 3.51. The molecular weight excluding hydrogens is 270 g/mol. The van der Waals surface area contributed by atoms with Crippen LogP contribution in [0.25, 0.3) is 0 Å². The number of rotatable bonds is 4. The zero-order chi connectivity index (χ0) is 15.2. The van der Waals surface area contributed by atoms with Crippen LogP contribution in [0.15, 0.2) is 18.2 Å². The third kappa shape index (κ3) is 4.11. The lowest BCUT2D eigenvalue weighted by atomic mass is 10.2. The lowest BCUT2D eigenvalue weighted by Crippen LogP contribution is -2.40. The van der Waals surface area contributed by atoms with Crippen molar-refractivity contribution in [1.29, 1.82) is 0 Å². The molecule has 1 fully saturated rings. The first kappa shape index (κ1) is 15.2. The summed E-state index contributed by atoms with van der Waals surface area (Å²) in [5, 5.41) is 5.28. The molecule has 6 heteroatoms. The molecule has 1 aliphatic rings. The number of methoxy groups -OCH3 is 1. The number of nitrogens with zero attached hydrogens (tertiary/aromatic N) is 1. The van der Waals surface area contributed by atoms with E-state index in [0.717, 1.165) is 31.5 Å². The van der Waals surface area contributed by atoms with Gasteiger partial charge in [-0.05, 0) is 37.5 Å². The van der Waals surface area contributed by atoms with Crippen molar-refractivity contribution < 1.29 is 14.3 Å². The first-order valence-electron chi connectivity index (χ1n) is 7.07. The number of amides is 3. The van der Waals surface area contributed by atoms with Crippen molar-refractivity contribution in [2.24, 2.45) is 0 Å². The Labute approximate surface area is 124 Å². The van der Waals surface area contributed by atoms with Crippen LogP contribution in [0.3, 0.4) is 0 Å². The molecule has 0 radical (unpaired) electrons. The Kier molecular flexibility index (Phi) is 5.03. The third-order valence-electron chi connectivity index (χ3n) is 3.46. The summed E-state index contributed by atoms with van der Waals surface area (Å²) in [5.41, 5.74) is 1.60. The van der Waals surface area contributed by atoms with Crippen molar-refractivity contribution in [2.45, 2.75) is 19.8 Å². The highest BCUT2D eigenvalue weighted by molar-refractivity contribution is 5.93. The molecule has 0 saturated carbocycles. The Bertz CT molecular complexity index is 525. The maximum Gasteiger partial charge on any atom is 0.319 e. The normalized spacial score (nSPS) is 13.9. The van der Waals surface area contributed by atoms with Crippen LogP contribution in [0.4, 0.5) is 10.5 Å². The van der Waals surface area contributed by atoms with Crippen molar-refractivity contribution >= 4 is 17.6 Å². The molecule has 0 spiro atoms. The molecule has 0 aromatic heterocycles. The van der Waals surface area contributed by atoms with E-state index in [0.29, 0.717) is 11.4 Å². The van der Waals surface area contributed by atoms with Gasteiger partial charge < -0.3 is 20.3 Å². The number of ether oxygens (including phenoxy) is 1. The third-order valence-corrected chi connectivity index (χ3v) is 3.46. The van der Waals surface area contributed by atoms with Crippen molar-refractivity contribution in [3.8, 4) is 5.75 Å². The minimum Gasteiger partial charge on any atom is -0.495 e. The van der Waals surface area contributed by atoms with Crippen LogP contribution in [-0.4, -0.2) is 43.6 Å². The molecule has 114 valence electrons. The largest absolute Gasteiger partial charge is 0.495 e. The van der Waals surface area contributed by atoms with Crippen molar-refractivity contribution in [3.05, 3.63) is 23.8 Å². The number of urea groups is 1. The fourth-order valence-corrected chi connectivity index (χ4v) is 2.32. The standard InChI is InChI=1S/C15H21N3O3/c1-11-5-6-13(21-2)12(9-11)17-15(20)16-10-14(19)18-7-3-4-8-18/h5-6,9H,3-4,7-8,10H2,1-2H3,(H2,16,17,20). The van der Waals surface area contributed by atoms with Gasteiger partial charge in [0.1, 0.15) is 5.75 Å². The lowest BCUT2D eigenvalue weighted by Gasteiger charge is -2.16. The second-order valence-electron chi connectivity index (χ2n) is 5.10. The second-order valence-corrected chi connectivity index (χ2v) is 5.10. The van der Waals surface area contributed by atoms with Crippen LogP contribution < -0.4 is 15.4 Å². The predicted octanol–water partition coefficient (Wildman–Crippen LogP) is 1.75. The molecule has 1 aromatic carbocycles. The van der Waals surface area contributed by atoms with E-state index in [1.165, 1.54) is 0 Å². The first-order valence-corrected chi connectivity index (χ1v) is 7.07. The molecule has 6 nitrogen and oxygen atoms in total. The Balaban J connectivity index is 1.86. The van der Waals surface area contributed by atoms with Crippen LogP contribution in [0.1, 0.15) is 18.4 Å². The van der Waals surface area contributed by atoms with E-state index in [4.69, 9.17) is 4.74 Å². The number of hydrogen-bond donors (Lipinski definition) is 2. The van der Waals surface area contributed by atoms with Gasteiger partial charge in [-0.25, -0.2) is 4.79 Å². The zero-order valence-corrected chi connectivity index (χ0v) is 12.4. The highest BCUT2D eigenvalue weighted by atomic mass is 16.5. The first-order chi connectivity index (χ1) is 10.1. The summed E-state index contributed by atoms with van der Waals surface area (Å²) in [5.74, 6) is 0.542. The molecule has 2 N–H and O–H groups in total. The number of aryl methyl sites for hydroxylation is 1. The van der Waals surface area contributed by atoms with Gasteiger partial charge in [0, 0.05) is 13.1 Å². The number of benzene rings is 1. The van der Waals surface area contributed by atoms with Crippen LogP contribution in [0, 0.1) is 6.92 Å². The molecule has 2 rings (SSSR count). The lowest BCUT2D eigenvalue weighted by molar-refractivity contribution is -0.128. The minimum absolute atomic E-state index is 0.0139. The van der Waals surface area contributed by atoms with Gasteiger partial charge in [0.15, 0.2) is 0 Å². The van der Waals surface area contributed by atoms with Crippen molar-refractivity contribution in [1.82, 2.24) is 10.2 Å². The summed E-state index contributed by atoms with van der Waals surface area (Å²) in [7, 11) is 1.55. The highest BCUT2D eigenvalue weighted by Crippen LogP contribution is 2.24. The summed E-state index contributed by atoms with van der Waals surface area (Å²) in [6.07, 6.45) is 2.08. The maximum atomic E-state index is 11.9. The molecular formula is C15H21N3O3. The quantitative estimate of drug-likeness (QED) is 0.888. The predicted molar refractivity (Wildman–Crippen MR) is 80.6 cm³/mol. The van der Waals surface area contributed by atoms with E-state index in [2.05, 4.69) is 10.6 Å². The number of likely N-dealkylation sites (tertiary alicyclic amines) is 1. The van der Waals surface area contributed by atoms with Crippen LogP contribution in [-0.2, 0) is 4.79 Å². The summed E-state index contributed by atoms with van der Waals surface area (Å²) in [4.78, 5) is 25.5. The molecule has 1 aromatic rings. The van der Waals surface area contributed by atoms with Crippen LogP contribution in [0.2, 0.25) is 0 Å². The van der Waals surface area contributed by atoms with Gasteiger partial charge in [0.2, 0.25) is 5.91 Å². The maximum absolute atomic E-state index is 11.9. The molecule has 21 heavy (non-hydrogen) atoms. The molecule has 0 aliphatic carbocycles. The fraction of sp³-hybridized carbons (Fsp3) is 0.467. The van der Waals surface area contributed by atoms with E-state index in [1.807, 2.05) is 19.1 Å². The number of hydrogen-bond acceptors (Lipinski definition) is 3. The van der Waals surface area contributed by atoms with Crippen LogP contribution >= 0.6 is 0 Å². The summed E-state index contributed by atoms with van der Waals surface area (Å²) in [6, 6.07) is 5.10. The molecule has 1 saturated heterocycles. The summed E-state index contributed by atoms with van der Waals surface area (Å²) < 4.78 is 5.19. The van der Waals surface area contributed by atoms with Gasteiger partial charge in [-0.2, -0.15) is 0 Å². The SMILES string of the molecule is COc1ccc(C)cc1NC(=O)NCC(=O)N1CCCC1. The second kappa shape index (κ2) is 6.97. The topological polar surface area (TPSA) is 70.7 Å². The molecule has 1 heterocycles. The summed E-state index contributed by atoms with van der Waals surface area (Å²) >= 11 is 0. The highest BCUT2D eigenvalue weighted by Gasteiger charge is 2.18. The van der Waals surface area contributed by atoms with Crippen molar-refractivity contribution in [2.75, 3.05) is 32.1 Å². The fourth-order valence-electron chi connectivity index (χ4n) is 2.32. The van der Waals surface area contributed by atoms with E-state index < -0.39 is 6.03 Å². The van der Waals surface area contributed by atoms with Gasteiger partial charge >= 0.3 is 6.03 Å². The number of nitrogens with one attached hydrogen (secondary N) is 2. The smallest absolute Gasteiger partial charge is 0.319 e. The number of carbonyl (C=O) groups is 2. The minimum atomic E-state index is -0.411. The molecule has 1 aliphatic heterocycles. The molecule has 3 amide bonds. The molecule has 0 unspecified atom stereocenters. The Morgan fingerprint density at radius 3 is 2.67 bits per heavy atom. The van der Waals surface area contributed by atoms with Gasteiger partial charge in [-0.1, -0.05) is 6.07 Å². The zero-order valence-electron chi connectivity index (χ0n) is 12.4. The average Bonchev–Trinajstić information content (AvgIpc) is 2.99. The van der Waals surface area contributed by atoms with Crippen molar-refractivity contribution in [3.63, 3.8) is 0 Å². The van der Waals surface area contributed by atoms with E-state index in [9.17, 15) is 9.59 Å². The van der Waals surface area contributed by atoms with E-state index in [1.54, 1.807) is 18.1 Å². The number of anilines is 1. The monoisotopic (exact) mass is 291 g/mol. The Morgan fingerprint density at radius 2 is 2.00 bits per heavy atom.